The van der Waals surface area contributed by atoms with Gasteiger partial charge < -0.3 is 15.4 Å². The number of carbonyl (C=O) groups is 2. The minimum Gasteiger partial charge on any atom is -0.482 e. The van der Waals surface area contributed by atoms with Crippen molar-refractivity contribution in [1.82, 2.24) is 0 Å². The minimum absolute atomic E-state index is 0.165. The normalized spacial score (nSPS) is 10.8. The number of nitrogens with zero attached hydrogens (tertiary/aromatic N) is 1. The summed E-state index contributed by atoms with van der Waals surface area (Å²) in [5.41, 5.74) is 2.42. The minimum atomic E-state index is -0.645. The van der Waals surface area contributed by atoms with Crippen LogP contribution in [0.25, 0.3) is 6.08 Å². The van der Waals surface area contributed by atoms with E-state index in [1.54, 1.807) is 24.3 Å². The topological polar surface area (TPSA) is 91.2 Å². The van der Waals surface area contributed by atoms with E-state index < -0.39 is 11.7 Å². The lowest BCUT2D eigenvalue weighted by atomic mass is 10.1. The lowest BCUT2D eigenvalue weighted by molar-refractivity contribution is -0.118. The molecule has 0 spiro atoms. The van der Waals surface area contributed by atoms with Crippen molar-refractivity contribution in [3.63, 3.8) is 0 Å². The van der Waals surface area contributed by atoms with Crippen LogP contribution in [0.2, 0.25) is 5.02 Å². The number of rotatable bonds is 7. The molecule has 0 bridgehead atoms. The van der Waals surface area contributed by atoms with Crippen LogP contribution >= 0.6 is 11.6 Å². The van der Waals surface area contributed by atoms with Crippen LogP contribution < -0.4 is 15.4 Å². The standard InChI is InChI=1S/C25H19ClFN3O3/c1-16-2-7-20(8-3-16)29-24(31)15-33-23-11-4-17(13-22(23)26)12-18(14-28)25(32)30-21-9-5-19(27)6-10-21/h2-13H,15H2,1H3,(H,29,31)(H,30,32)/b18-12+. The van der Waals surface area contributed by atoms with Crippen molar-refractivity contribution in [1.29, 1.82) is 5.26 Å². The van der Waals surface area contributed by atoms with Gasteiger partial charge in [0.2, 0.25) is 0 Å². The van der Waals surface area contributed by atoms with E-state index in [0.29, 0.717) is 16.9 Å². The second-order valence-electron chi connectivity index (χ2n) is 7.02. The number of benzene rings is 3. The fourth-order valence-corrected chi connectivity index (χ4v) is 2.99. The third kappa shape index (κ3) is 6.92. The molecular weight excluding hydrogens is 445 g/mol. The summed E-state index contributed by atoms with van der Waals surface area (Å²) in [7, 11) is 0. The molecule has 0 saturated heterocycles. The Kier molecular flexibility index (Phi) is 7.79. The summed E-state index contributed by atoms with van der Waals surface area (Å²) < 4.78 is 18.5. The first-order chi connectivity index (χ1) is 15.8. The Labute approximate surface area is 195 Å². The van der Waals surface area contributed by atoms with Crippen LogP contribution in [0.4, 0.5) is 15.8 Å². The molecule has 0 unspecified atom stereocenters. The summed E-state index contributed by atoms with van der Waals surface area (Å²) in [5.74, 6) is -1.15. The molecule has 0 saturated carbocycles. The van der Waals surface area contributed by atoms with Gasteiger partial charge in [0, 0.05) is 11.4 Å². The molecule has 0 fully saturated rings. The Morgan fingerprint density at radius 1 is 1.03 bits per heavy atom. The average molecular weight is 464 g/mol. The van der Waals surface area contributed by atoms with Gasteiger partial charge in [-0.25, -0.2) is 4.39 Å². The number of halogens is 2. The molecule has 0 aliphatic rings. The fourth-order valence-electron chi connectivity index (χ4n) is 2.75. The van der Waals surface area contributed by atoms with Crippen molar-refractivity contribution >= 4 is 40.9 Å². The summed E-state index contributed by atoms with van der Waals surface area (Å²) in [5, 5.41) is 14.8. The molecule has 0 atom stereocenters. The summed E-state index contributed by atoms with van der Waals surface area (Å²) in [6.07, 6.45) is 1.36. The van der Waals surface area contributed by atoms with Gasteiger partial charge in [0.25, 0.3) is 11.8 Å². The Morgan fingerprint density at radius 3 is 2.30 bits per heavy atom. The van der Waals surface area contributed by atoms with Crippen LogP contribution in [-0.4, -0.2) is 18.4 Å². The first kappa shape index (κ1) is 23.5. The highest BCUT2D eigenvalue weighted by Gasteiger charge is 2.11. The van der Waals surface area contributed by atoms with Crippen LogP contribution in [0.5, 0.6) is 5.75 Å². The predicted molar refractivity (Wildman–Crippen MR) is 125 cm³/mol. The van der Waals surface area contributed by atoms with Gasteiger partial charge >= 0.3 is 0 Å². The number of ether oxygens (including phenoxy) is 1. The zero-order valence-corrected chi connectivity index (χ0v) is 18.3. The first-order valence-corrected chi connectivity index (χ1v) is 10.2. The number of carbonyl (C=O) groups excluding carboxylic acids is 2. The van der Waals surface area contributed by atoms with Crippen LogP contribution in [0.1, 0.15) is 11.1 Å². The SMILES string of the molecule is Cc1ccc(NC(=O)COc2ccc(/C=C(\C#N)C(=O)Nc3ccc(F)cc3)cc2Cl)cc1. The van der Waals surface area contributed by atoms with E-state index >= 15 is 0 Å². The van der Waals surface area contributed by atoms with Crippen LogP contribution in [0, 0.1) is 24.1 Å². The number of anilines is 2. The van der Waals surface area contributed by atoms with Gasteiger partial charge in [0.05, 0.1) is 5.02 Å². The van der Waals surface area contributed by atoms with Crippen molar-refractivity contribution < 1.29 is 18.7 Å². The summed E-state index contributed by atoms with van der Waals surface area (Å²) in [4.78, 5) is 24.4. The van der Waals surface area contributed by atoms with Crippen LogP contribution in [0.15, 0.2) is 72.3 Å². The maximum atomic E-state index is 13.0. The third-order valence-corrected chi connectivity index (χ3v) is 4.72. The highest BCUT2D eigenvalue weighted by atomic mass is 35.5. The molecule has 0 aromatic heterocycles. The van der Waals surface area contributed by atoms with E-state index in [9.17, 15) is 19.2 Å². The van der Waals surface area contributed by atoms with Crippen molar-refractivity contribution in [2.75, 3.05) is 17.2 Å². The Morgan fingerprint density at radius 2 is 1.67 bits per heavy atom. The van der Waals surface area contributed by atoms with Gasteiger partial charge in [-0.15, -0.1) is 0 Å². The molecule has 6 nitrogen and oxygen atoms in total. The molecular formula is C25H19ClFN3O3. The zero-order valence-electron chi connectivity index (χ0n) is 17.6. The molecule has 0 aliphatic carbocycles. The van der Waals surface area contributed by atoms with Crippen molar-refractivity contribution in [2.24, 2.45) is 0 Å². The van der Waals surface area contributed by atoms with E-state index in [-0.39, 0.29) is 28.9 Å². The van der Waals surface area contributed by atoms with E-state index in [4.69, 9.17) is 16.3 Å². The Bertz CT molecular complexity index is 1230. The van der Waals surface area contributed by atoms with Gasteiger partial charge in [-0.1, -0.05) is 35.4 Å². The lowest BCUT2D eigenvalue weighted by Crippen LogP contribution is -2.20. The van der Waals surface area contributed by atoms with E-state index in [2.05, 4.69) is 10.6 Å². The largest absolute Gasteiger partial charge is 0.482 e. The molecule has 166 valence electrons. The number of amides is 2. The monoisotopic (exact) mass is 463 g/mol. The second kappa shape index (κ2) is 10.9. The highest BCUT2D eigenvalue weighted by Crippen LogP contribution is 2.26. The van der Waals surface area contributed by atoms with Crippen molar-refractivity contribution in [3.8, 4) is 11.8 Å². The Balaban J connectivity index is 1.62. The summed E-state index contributed by atoms with van der Waals surface area (Å²) in [6, 6.07) is 19.0. The van der Waals surface area contributed by atoms with E-state index in [1.165, 1.54) is 36.4 Å². The van der Waals surface area contributed by atoms with Gasteiger partial charge in [-0.2, -0.15) is 5.26 Å². The number of nitriles is 1. The van der Waals surface area contributed by atoms with Crippen LogP contribution in [0.3, 0.4) is 0 Å². The summed E-state index contributed by atoms with van der Waals surface area (Å²) in [6.45, 7) is 1.71. The summed E-state index contributed by atoms with van der Waals surface area (Å²) >= 11 is 6.24. The van der Waals surface area contributed by atoms with Crippen LogP contribution in [-0.2, 0) is 9.59 Å². The zero-order chi connectivity index (χ0) is 23.8. The molecule has 2 N–H and O–H groups in total. The molecule has 0 radical (unpaired) electrons. The highest BCUT2D eigenvalue weighted by molar-refractivity contribution is 6.32. The predicted octanol–water partition coefficient (Wildman–Crippen LogP) is 5.35. The first-order valence-electron chi connectivity index (χ1n) is 9.81. The van der Waals surface area contributed by atoms with Gasteiger partial charge in [-0.05, 0) is 67.1 Å². The molecule has 3 aromatic carbocycles. The number of hydrogen-bond acceptors (Lipinski definition) is 4. The number of nitrogens with one attached hydrogen (secondary N) is 2. The molecule has 0 heterocycles. The maximum absolute atomic E-state index is 13.0. The average Bonchev–Trinajstić information content (AvgIpc) is 2.80. The Hall–Kier alpha value is -4.15. The molecule has 3 aromatic rings. The lowest BCUT2D eigenvalue weighted by Gasteiger charge is -2.10. The van der Waals surface area contributed by atoms with Crippen molar-refractivity contribution in [2.45, 2.75) is 6.92 Å². The molecule has 2 amide bonds. The van der Waals surface area contributed by atoms with E-state index in [1.807, 2.05) is 25.1 Å². The third-order valence-electron chi connectivity index (χ3n) is 4.43. The molecule has 3 rings (SSSR count). The van der Waals surface area contributed by atoms with E-state index in [0.717, 1.165) is 5.56 Å². The number of hydrogen-bond donors (Lipinski definition) is 2. The fraction of sp³-hybridized carbons (Fsp3) is 0.0800. The quantitative estimate of drug-likeness (QED) is 0.365. The maximum Gasteiger partial charge on any atom is 0.266 e. The molecule has 8 heteroatoms. The number of aryl methyl sites for hydroxylation is 1. The van der Waals surface area contributed by atoms with Gasteiger partial charge in [-0.3, -0.25) is 9.59 Å². The molecule has 0 aliphatic heterocycles. The second-order valence-corrected chi connectivity index (χ2v) is 7.43. The van der Waals surface area contributed by atoms with Gasteiger partial charge in [0.1, 0.15) is 23.2 Å². The van der Waals surface area contributed by atoms with Crippen molar-refractivity contribution in [3.05, 3.63) is 94.3 Å². The molecule has 33 heavy (non-hydrogen) atoms. The smallest absolute Gasteiger partial charge is 0.266 e. The van der Waals surface area contributed by atoms with Gasteiger partial charge in [0.15, 0.2) is 6.61 Å².